The van der Waals surface area contributed by atoms with Gasteiger partial charge in [0, 0.05) is 52.4 Å². The van der Waals surface area contributed by atoms with Crippen molar-refractivity contribution in [1.82, 2.24) is 12.9 Å². The molecule has 0 spiro atoms. The molecule has 1 aromatic carbocycles. The number of nitro groups is 1. The van der Waals surface area contributed by atoms with E-state index in [2.05, 4.69) is 0 Å². The highest BCUT2D eigenvalue weighted by molar-refractivity contribution is 7.89. The monoisotopic (exact) mass is 378 g/mol. The zero-order valence-corrected chi connectivity index (χ0v) is 14.8. The molecule has 1 aliphatic heterocycles. The largest absolute Gasteiger partial charge is 0.281 e. The summed E-state index contributed by atoms with van der Waals surface area (Å²) in [5, 5.41) is 10.8. The molecular weight excluding hydrogens is 360 g/mol. The van der Waals surface area contributed by atoms with Gasteiger partial charge in [0.05, 0.1) is 9.82 Å². The van der Waals surface area contributed by atoms with Gasteiger partial charge in [0.25, 0.3) is 15.9 Å². The fraction of sp³-hybridized carbons (Fsp3) is 0.500. The van der Waals surface area contributed by atoms with Crippen LogP contribution < -0.4 is 0 Å². The van der Waals surface area contributed by atoms with Gasteiger partial charge in [0.15, 0.2) is 0 Å². The number of benzene rings is 1. The minimum atomic E-state index is -3.91. The Morgan fingerprint density at radius 3 is 2.08 bits per heavy atom. The molecule has 0 aromatic heterocycles. The lowest BCUT2D eigenvalue weighted by Gasteiger charge is -2.34. The van der Waals surface area contributed by atoms with Gasteiger partial charge in [-0.25, -0.2) is 8.42 Å². The number of hydrogen-bond acceptors (Lipinski definition) is 6. The summed E-state index contributed by atoms with van der Waals surface area (Å²) in [4.78, 5) is 9.95. The van der Waals surface area contributed by atoms with Gasteiger partial charge < -0.3 is 0 Å². The maximum absolute atomic E-state index is 12.6. The highest BCUT2D eigenvalue weighted by Gasteiger charge is 2.34. The van der Waals surface area contributed by atoms with Crippen LogP contribution in [0.15, 0.2) is 29.2 Å². The topological polar surface area (TPSA) is 121 Å². The third kappa shape index (κ3) is 3.57. The quantitative estimate of drug-likeness (QED) is 0.513. The fourth-order valence-electron chi connectivity index (χ4n) is 2.28. The first-order valence-electron chi connectivity index (χ1n) is 6.99. The number of sulfonamides is 1. The summed E-state index contributed by atoms with van der Waals surface area (Å²) in [6.07, 6.45) is 0. The molecule has 0 atom stereocenters. The number of nitrogens with zero attached hydrogens (tertiary/aromatic N) is 4. The molecule has 0 bridgehead atoms. The normalized spacial score (nSPS) is 18.0. The van der Waals surface area contributed by atoms with Gasteiger partial charge in [-0.05, 0) is 6.07 Å². The molecule has 1 aliphatic rings. The average molecular weight is 378 g/mol. The smallest absolute Gasteiger partial charge is 0.258 e. The van der Waals surface area contributed by atoms with Crippen LogP contribution in [0.4, 0.5) is 5.69 Å². The maximum atomic E-state index is 12.6. The zero-order chi connectivity index (χ0) is 18.1. The third-order valence-electron chi connectivity index (χ3n) is 3.65. The van der Waals surface area contributed by atoms with Crippen LogP contribution in [0.3, 0.4) is 0 Å². The minimum absolute atomic E-state index is 0.0158. The van der Waals surface area contributed by atoms with E-state index in [9.17, 15) is 26.9 Å². The molecule has 0 aliphatic carbocycles. The van der Waals surface area contributed by atoms with E-state index in [0.717, 1.165) is 14.7 Å². The molecule has 0 amide bonds. The van der Waals surface area contributed by atoms with Crippen LogP contribution in [0, 0.1) is 10.1 Å². The summed E-state index contributed by atoms with van der Waals surface area (Å²) in [5.74, 6) is 0. The first-order valence-corrected chi connectivity index (χ1v) is 9.83. The number of non-ortho nitro benzene ring substituents is 1. The SMILES string of the molecule is CN(C)S(=O)(=O)N1CCN(S(=O)(=O)c2cccc([N+](=O)[O-])c2)CC1. The number of hydrogen-bond donors (Lipinski definition) is 0. The first kappa shape index (κ1) is 18.7. The van der Waals surface area contributed by atoms with Crippen LogP contribution in [0.1, 0.15) is 0 Å². The van der Waals surface area contributed by atoms with E-state index in [-0.39, 0.29) is 36.8 Å². The Kier molecular flexibility index (Phi) is 5.25. The summed E-state index contributed by atoms with van der Waals surface area (Å²) in [5.41, 5.74) is -0.315. The van der Waals surface area contributed by atoms with Crippen LogP contribution in [0.2, 0.25) is 0 Å². The van der Waals surface area contributed by atoms with Crippen LogP contribution >= 0.6 is 0 Å². The Morgan fingerprint density at radius 1 is 1.04 bits per heavy atom. The van der Waals surface area contributed by atoms with Gasteiger partial charge in [-0.3, -0.25) is 10.1 Å². The van der Waals surface area contributed by atoms with Crippen molar-refractivity contribution in [2.75, 3.05) is 40.3 Å². The van der Waals surface area contributed by atoms with E-state index in [0.29, 0.717) is 0 Å². The van der Waals surface area contributed by atoms with Gasteiger partial charge in [-0.1, -0.05) is 6.07 Å². The second kappa shape index (κ2) is 6.72. The highest BCUT2D eigenvalue weighted by atomic mass is 32.2. The van der Waals surface area contributed by atoms with E-state index in [1.807, 2.05) is 0 Å². The van der Waals surface area contributed by atoms with Crippen molar-refractivity contribution in [3.8, 4) is 0 Å². The van der Waals surface area contributed by atoms with Crippen molar-refractivity contribution in [2.24, 2.45) is 0 Å². The summed E-state index contributed by atoms with van der Waals surface area (Å²) in [6.45, 7) is 0.0134. The van der Waals surface area contributed by atoms with Crippen molar-refractivity contribution >= 4 is 25.9 Å². The molecule has 1 aromatic rings. The summed E-state index contributed by atoms with van der Waals surface area (Å²) >= 11 is 0. The van der Waals surface area contributed by atoms with E-state index in [1.165, 1.54) is 36.6 Å². The van der Waals surface area contributed by atoms with Crippen LogP contribution in [0.5, 0.6) is 0 Å². The maximum Gasteiger partial charge on any atom is 0.281 e. The number of nitro benzene ring substituents is 1. The van der Waals surface area contributed by atoms with Gasteiger partial charge in [0.2, 0.25) is 10.0 Å². The lowest BCUT2D eigenvalue weighted by Crippen LogP contribution is -2.52. The van der Waals surface area contributed by atoms with Crippen molar-refractivity contribution in [2.45, 2.75) is 4.90 Å². The van der Waals surface area contributed by atoms with Gasteiger partial charge in [-0.15, -0.1) is 0 Å². The van der Waals surface area contributed by atoms with Crippen molar-refractivity contribution in [3.63, 3.8) is 0 Å². The van der Waals surface area contributed by atoms with Crippen LogP contribution in [-0.2, 0) is 20.2 Å². The van der Waals surface area contributed by atoms with E-state index < -0.39 is 25.2 Å². The molecule has 134 valence electrons. The number of piperazine rings is 1. The standard InChI is InChI=1S/C12H18N4O6S2/c1-13(2)24(21,22)15-8-6-14(7-9-15)23(19,20)12-5-3-4-11(10-12)16(17)18/h3-5,10H,6-9H2,1-2H3. The molecule has 0 saturated carbocycles. The molecule has 0 N–H and O–H groups in total. The van der Waals surface area contributed by atoms with Gasteiger partial charge in [0.1, 0.15) is 0 Å². The van der Waals surface area contributed by atoms with Gasteiger partial charge in [-0.2, -0.15) is 21.3 Å². The molecule has 12 heteroatoms. The van der Waals surface area contributed by atoms with Crippen LogP contribution in [0.25, 0.3) is 0 Å². The molecule has 0 unspecified atom stereocenters. The summed E-state index contributed by atoms with van der Waals surface area (Å²) in [6, 6.07) is 4.79. The summed E-state index contributed by atoms with van der Waals surface area (Å²) in [7, 11) is -4.70. The Labute approximate surface area is 140 Å². The van der Waals surface area contributed by atoms with E-state index >= 15 is 0 Å². The predicted molar refractivity (Wildman–Crippen MR) is 86.0 cm³/mol. The molecule has 1 heterocycles. The first-order chi connectivity index (χ1) is 11.1. The van der Waals surface area contributed by atoms with E-state index in [1.54, 1.807) is 0 Å². The van der Waals surface area contributed by atoms with Crippen molar-refractivity contribution < 1.29 is 21.8 Å². The Balaban J connectivity index is 2.19. The third-order valence-corrected chi connectivity index (χ3v) is 7.49. The lowest BCUT2D eigenvalue weighted by molar-refractivity contribution is -0.385. The predicted octanol–water partition coefficient (Wildman–Crippen LogP) is -0.292. The summed E-state index contributed by atoms with van der Waals surface area (Å²) < 4.78 is 52.6. The average Bonchev–Trinajstić information content (AvgIpc) is 2.54. The zero-order valence-electron chi connectivity index (χ0n) is 13.2. The molecule has 10 nitrogen and oxygen atoms in total. The second-order valence-electron chi connectivity index (χ2n) is 5.35. The van der Waals surface area contributed by atoms with E-state index in [4.69, 9.17) is 0 Å². The van der Waals surface area contributed by atoms with Crippen molar-refractivity contribution in [1.29, 1.82) is 0 Å². The minimum Gasteiger partial charge on any atom is -0.258 e. The molecule has 2 rings (SSSR count). The van der Waals surface area contributed by atoms with Crippen LogP contribution in [-0.4, -0.2) is 74.9 Å². The molecule has 0 radical (unpaired) electrons. The Hall–Kier alpha value is -1.60. The fourth-order valence-corrected chi connectivity index (χ4v) is 4.83. The number of rotatable bonds is 5. The Morgan fingerprint density at radius 2 is 1.58 bits per heavy atom. The molecule has 24 heavy (non-hydrogen) atoms. The Bertz CT molecular complexity index is 829. The lowest BCUT2D eigenvalue weighted by atomic mass is 10.3. The molecular formula is C12H18N4O6S2. The van der Waals surface area contributed by atoms with Crippen molar-refractivity contribution in [3.05, 3.63) is 34.4 Å². The van der Waals surface area contributed by atoms with Gasteiger partial charge >= 0.3 is 0 Å². The molecule has 1 fully saturated rings. The molecule has 1 saturated heterocycles. The second-order valence-corrected chi connectivity index (χ2v) is 9.43. The highest BCUT2D eigenvalue weighted by Crippen LogP contribution is 2.22.